The zero-order chi connectivity index (χ0) is 19.0. The molecule has 1 N–H and O–H groups in total. The molecule has 4 rings (SSSR count). The van der Waals surface area contributed by atoms with Crippen LogP contribution in [0.15, 0.2) is 72.8 Å². The molecule has 136 valence electrons. The van der Waals surface area contributed by atoms with Crippen molar-refractivity contribution in [2.75, 3.05) is 0 Å². The first-order chi connectivity index (χ1) is 13.0. The van der Waals surface area contributed by atoms with Gasteiger partial charge in [0.1, 0.15) is 17.5 Å². The maximum Gasteiger partial charge on any atom is 0.221 e. The zero-order valence-electron chi connectivity index (χ0n) is 14.3. The fraction of sp³-hybridized carbons (Fsp3) is 0.136. The summed E-state index contributed by atoms with van der Waals surface area (Å²) >= 11 is 0. The molecular formula is C22H16F3NO. The van der Waals surface area contributed by atoms with Crippen LogP contribution in [0, 0.1) is 17.5 Å². The molecule has 3 aromatic rings. The second-order valence-corrected chi connectivity index (χ2v) is 6.65. The van der Waals surface area contributed by atoms with Crippen molar-refractivity contribution < 1.29 is 18.0 Å². The van der Waals surface area contributed by atoms with Gasteiger partial charge in [-0.05, 0) is 47.0 Å². The molecule has 5 heteroatoms. The quantitative estimate of drug-likeness (QED) is 0.717. The SMILES string of the molecule is O=C1CC(c2ccccc2F)C(c2ccc(F)cc2)(c2ccc(F)cc2)N1. The van der Waals surface area contributed by atoms with Crippen molar-refractivity contribution in [2.24, 2.45) is 0 Å². The molecule has 1 aliphatic rings. The first-order valence-corrected chi connectivity index (χ1v) is 8.58. The molecule has 1 saturated heterocycles. The molecule has 2 nitrogen and oxygen atoms in total. The third-order valence-corrected chi connectivity index (χ3v) is 5.13. The summed E-state index contributed by atoms with van der Waals surface area (Å²) in [6, 6.07) is 17.7. The van der Waals surface area contributed by atoms with Gasteiger partial charge < -0.3 is 5.32 Å². The van der Waals surface area contributed by atoms with Crippen LogP contribution in [-0.4, -0.2) is 5.91 Å². The summed E-state index contributed by atoms with van der Waals surface area (Å²) in [5.41, 5.74) is 0.467. The standard InChI is InChI=1S/C22H16F3NO/c23-16-9-5-14(6-10-16)22(15-7-11-17(24)12-8-15)19(13-21(27)26-22)18-3-1-2-4-20(18)25/h1-12,19H,13H2,(H,26,27). The minimum absolute atomic E-state index is 0.0652. The molecule has 27 heavy (non-hydrogen) atoms. The van der Waals surface area contributed by atoms with E-state index in [4.69, 9.17) is 0 Å². The van der Waals surface area contributed by atoms with Crippen molar-refractivity contribution in [3.63, 3.8) is 0 Å². The molecule has 1 fully saturated rings. The summed E-state index contributed by atoms with van der Waals surface area (Å²) in [5.74, 6) is -2.08. The molecular weight excluding hydrogens is 351 g/mol. The van der Waals surface area contributed by atoms with Gasteiger partial charge in [-0.15, -0.1) is 0 Å². The number of amides is 1. The Hall–Kier alpha value is -3.08. The smallest absolute Gasteiger partial charge is 0.221 e. The van der Waals surface area contributed by atoms with Gasteiger partial charge in [0.05, 0.1) is 5.54 Å². The Balaban J connectivity index is 1.98. The number of nitrogens with one attached hydrogen (secondary N) is 1. The van der Waals surface area contributed by atoms with Crippen LogP contribution in [0.5, 0.6) is 0 Å². The summed E-state index contributed by atoms with van der Waals surface area (Å²) in [7, 11) is 0. The van der Waals surface area contributed by atoms with Gasteiger partial charge in [-0.1, -0.05) is 42.5 Å². The molecule has 0 bridgehead atoms. The van der Waals surface area contributed by atoms with E-state index in [-0.39, 0.29) is 12.3 Å². The van der Waals surface area contributed by atoms with Gasteiger partial charge in [-0.25, -0.2) is 13.2 Å². The van der Waals surface area contributed by atoms with Crippen LogP contribution >= 0.6 is 0 Å². The minimum Gasteiger partial charge on any atom is -0.342 e. The maximum absolute atomic E-state index is 14.6. The number of rotatable bonds is 3. The molecule has 0 radical (unpaired) electrons. The number of hydrogen-bond donors (Lipinski definition) is 1. The Labute approximate surface area is 154 Å². The highest BCUT2D eigenvalue weighted by Crippen LogP contribution is 2.48. The van der Waals surface area contributed by atoms with Crippen molar-refractivity contribution >= 4 is 5.91 Å². The lowest BCUT2D eigenvalue weighted by molar-refractivity contribution is -0.119. The van der Waals surface area contributed by atoms with Gasteiger partial charge >= 0.3 is 0 Å². The van der Waals surface area contributed by atoms with Gasteiger partial charge in [0.15, 0.2) is 0 Å². The lowest BCUT2D eigenvalue weighted by Gasteiger charge is -2.37. The van der Waals surface area contributed by atoms with Crippen LogP contribution in [0.25, 0.3) is 0 Å². The van der Waals surface area contributed by atoms with E-state index in [9.17, 15) is 18.0 Å². The average molecular weight is 367 g/mol. The maximum atomic E-state index is 14.6. The van der Waals surface area contributed by atoms with E-state index in [1.165, 1.54) is 30.3 Å². The van der Waals surface area contributed by atoms with Gasteiger partial charge in [-0.2, -0.15) is 0 Å². The molecule has 0 aromatic heterocycles. The Kier molecular flexibility index (Phi) is 4.22. The fourth-order valence-corrected chi connectivity index (χ4v) is 3.94. The van der Waals surface area contributed by atoms with Crippen molar-refractivity contribution in [1.29, 1.82) is 0 Å². The summed E-state index contributed by atoms with van der Waals surface area (Å²) in [6.07, 6.45) is 0.0652. The normalized spacial score (nSPS) is 18.3. The van der Waals surface area contributed by atoms with E-state index in [0.717, 1.165) is 0 Å². The molecule has 1 aliphatic heterocycles. The van der Waals surface area contributed by atoms with Crippen LogP contribution in [0.3, 0.4) is 0 Å². The summed E-state index contributed by atoms with van der Waals surface area (Å²) in [4.78, 5) is 12.5. The number of hydrogen-bond acceptors (Lipinski definition) is 1. The Morgan fingerprint density at radius 3 is 1.81 bits per heavy atom. The number of carbonyl (C=O) groups is 1. The van der Waals surface area contributed by atoms with Crippen molar-refractivity contribution in [1.82, 2.24) is 5.32 Å². The summed E-state index contributed by atoms with van der Waals surface area (Å²) < 4.78 is 41.6. The fourth-order valence-electron chi connectivity index (χ4n) is 3.94. The van der Waals surface area contributed by atoms with Crippen LogP contribution in [0.1, 0.15) is 29.0 Å². The lowest BCUT2D eigenvalue weighted by atomic mass is 9.71. The largest absolute Gasteiger partial charge is 0.342 e. The van der Waals surface area contributed by atoms with E-state index < -0.39 is 28.9 Å². The molecule has 0 aliphatic carbocycles. The second kappa shape index (κ2) is 6.58. The Morgan fingerprint density at radius 1 is 0.778 bits per heavy atom. The number of benzene rings is 3. The molecule has 0 saturated carbocycles. The highest BCUT2D eigenvalue weighted by Gasteiger charge is 2.50. The summed E-state index contributed by atoms with van der Waals surface area (Å²) in [6.45, 7) is 0. The van der Waals surface area contributed by atoms with Crippen LogP contribution < -0.4 is 5.32 Å². The van der Waals surface area contributed by atoms with Crippen molar-refractivity contribution in [2.45, 2.75) is 17.9 Å². The number of carbonyl (C=O) groups excluding carboxylic acids is 1. The van der Waals surface area contributed by atoms with Gasteiger partial charge in [0.2, 0.25) is 5.91 Å². The highest BCUT2D eigenvalue weighted by atomic mass is 19.1. The zero-order valence-corrected chi connectivity index (χ0v) is 14.3. The molecule has 1 heterocycles. The van der Waals surface area contributed by atoms with Crippen LogP contribution in [0.2, 0.25) is 0 Å². The van der Waals surface area contributed by atoms with Gasteiger partial charge in [0.25, 0.3) is 0 Å². The minimum atomic E-state index is -1.12. The second-order valence-electron chi connectivity index (χ2n) is 6.65. The predicted octanol–water partition coefficient (Wildman–Crippen LogP) is 4.65. The van der Waals surface area contributed by atoms with Crippen LogP contribution in [-0.2, 0) is 10.3 Å². The first kappa shape index (κ1) is 17.3. The van der Waals surface area contributed by atoms with E-state index in [2.05, 4.69) is 5.32 Å². The number of halogens is 3. The topological polar surface area (TPSA) is 29.1 Å². The van der Waals surface area contributed by atoms with E-state index in [1.54, 1.807) is 42.5 Å². The highest BCUT2D eigenvalue weighted by molar-refractivity contribution is 5.83. The summed E-state index contributed by atoms with van der Waals surface area (Å²) in [5, 5.41) is 2.96. The Bertz CT molecular complexity index is 938. The monoisotopic (exact) mass is 367 g/mol. The lowest BCUT2D eigenvalue weighted by Crippen LogP contribution is -2.43. The first-order valence-electron chi connectivity index (χ1n) is 8.58. The van der Waals surface area contributed by atoms with E-state index >= 15 is 0 Å². The van der Waals surface area contributed by atoms with Crippen molar-refractivity contribution in [3.05, 3.63) is 107 Å². The van der Waals surface area contributed by atoms with Crippen molar-refractivity contribution in [3.8, 4) is 0 Å². The molecule has 1 unspecified atom stereocenters. The molecule has 1 amide bonds. The van der Waals surface area contributed by atoms with Crippen LogP contribution in [0.4, 0.5) is 13.2 Å². The predicted molar refractivity (Wildman–Crippen MR) is 95.5 cm³/mol. The third kappa shape index (κ3) is 2.89. The van der Waals surface area contributed by atoms with E-state index in [1.807, 2.05) is 0 Å². The molecule has 1 atom stereocenters. The van der Waals surface area contributed by atoms with Gasteiger partial charge in [-0.3, -0.25) is 4.79 Å². The molecule has 0 spiro atoms. The average Bonchev–Trinajstić information content (AvgIpc) is 3.01. The third-order valence-electron chi connectivity index (χ3n) is 5.13. The Morgan fingerprint density at radius 2 is 1.30 bits per heavy atom. The van der Waals surface area contributed by atoms with Gasteiger partial charge in [0, 0.05) is 12.3 Å². The van der Waals surface area contributed by atoms with E-state index in [0.29, 0.717) is 16.7 Å². The molecule has 3 aromatic carbocycles.